The third-order valence-corrected chi connectivity index (χ3v) is 2.57. The van der Waals surface area contributed by atoms with Crippen LogP contribution in [0, 0.1) is 0 Å². The summed E-state index contributed by atoms with van der Waals surface area (Å²) in [7, 11) is 6.29. The topological polar surface area (TPSA) is 12.0 Å². The second-order valence-corrected chi connectivity index (χ2v) is 5.39. The van der Waals surface area contributed by atoms with Crippen LogP contribution in [0.25, 0.3) is 0 Å². The molecule has 0 aliphatic carbocycles. The van der Waals surface area contributed by atoms with Crippen molar-refractivity contribution in [2.45, 2.75) is 12.7 Å². The second-order valence-electron chi connectivity index (χ2n) is 5.39. The number of quaternary nitrogens is 1. The molecule has 2 nitrogen and oxygen atoms in total. The zero-order chi connectivity index (χ0) is 13.8. The maximum absolute atomic E-state index is 12.3. The highest BCUT2D eigenvalue weighted by Gasteiger charge is 2.29. The predicted molar refractivity (Wildman–Crippen MR) is 66.1 cm³/mol. The summed E-state index contributed by atoms with van der Waals surface area (Å²) in [4.78, 5) is 0. The molecule has 0 bridgehead atoms. The molecule has 0 aromatic heterocycles. The summed E-state index contributed by atoms with van der Waals surface area (Å²) in [5, 5.41) is 3.22. The fourth-order valence-electron chi connectivity index (χ4n) is 1.46. The van der Waals surface area contributed by atoms with Gasteiger partial charge in [0.1, 0.15) is 0 Å². The van der Waals surface area contributed by atoms with Gasteiger partial charge in [0.2, 0.25) is 0 Å². The second kappa shape index (κ2) is 5.71. The molecule has 0 saturated carbocycles. The smallest absolute Gasteiger partial charge is 0.330 e. The Bertz CT molecular complexity index is 363. The van der Waals surface area contributed by atoms with Gasteiger partial charge in [-0.2, -0.15) is 13.2 Å². The lowest BCUT2D eigenvalue weighted by Gasteiger charge is -2.23. The fraction of sp³-hybridized carbons (Fsp3) is 0.538. The lowest BCUT2D eigenvalue weighted by atomic mass is 10.1. The van der Waals surface area contributed by atoms with E-state index in [0.29, 0.717) is 6.54 Å². The molecule has 0 fully saturated rings. The van der Waals surface area contributed by atoms with Crippen LogP contribution in [0.5, 0.6) is 0 Å². The molecule has 0 aliphatic rings. The molecule has 5 heteroatoms. The maximum Gasteiger partial charge on any atom is 0.416 e. The minimum atomic E-state index is -4.25. The van der Waals surface area contributed by atoms with Crippen molar-refractivity contribution < 1.29 is 17.7 Å². The van der Waals surface area contributed by atoms with E-state index < -0.39 is 11.7 Å². The van der Waals surface area contributed by atoms with Gasteiger partial charge in [-0.25, -0.2) is 0 Å². The van der Waals surface area contributed by atoms with Crippen molar-refractivity contribution in [3.8, 4) is 0 Å². The van der Waals surface area contributed by atoms with Crippen molar-refractivity contribution in [1.29, 1.82) is 0 Å². The minimum absolute atomic E-state index is 0.595. The largest absolute Gasteiger partial charge is 0.416 e. The number of alkyl halides is 3. The third-order valence-electron chi connectivity index (χ3n) is 2.57. The summed E-state index contributed by atoms with van der Waals surface area (Å²) in [6.45, 7) is 2.41. The Kier molecular flexibility index (Phi) is 4.76. The van der Waals surface area contributed by atoms with Gasteiger partial charge in [0, 0.05) is 13.1 Å². The first-order chi connectivity index (χ1) is 8.18. The Morgan fingerprint density at radius 2 is 1.61 bits per heavy atom. The summed E-state index contributed by atoms with van der Waals surface area (Å²) in [5.41, 5.74) is 0.266. The molecule has 0 radical (unpaired) electrons. The van der Waals surface area contributed by atoms with E-state index in [2.05, 4.69) is 26.5 Å². The summed E-state index contributed by atoms with van der Waals surface area (Å²) in [6.07, 6.45) is -4.25. The van der Waals surface area contributed by atoms with Crippen molar-refractivity contribution in [2.75, 3.05) is 34.2 Å². The molecule has 102 valence electrons. The highest BCUT2D eigenvalue weighted by atomic mass is 19.4. The Morgan fingerprint density at radius 1 is 1.06 bits per heavy atom. The van der Waals surface area contributed by atoms with E-state index in [-0.39, 0.29) is 0 Å². The van der Waals surface area contributed by atoms with E-state index in [1.807, 2.05) is 0 Å². The van der Waals surface area contributed by atoms with Gasteiger partial charge in [-0.15, -0.1) is 0 Å². The van der Waals surface area contributed by atoms with E-state index in [4.69, 9.17) is 0 Å². The Balaban J connectivity index is 2.41. The fourth-order valence-corrected chi connectivity index (χ4v) is 1.46. The molecule has 1 aromatic carbocycles. The predicted octanol–water partition coefficient (Wildman–Crippen LogP) is 2.50. The van der Waals surface area contributed by atoms with Gasteiger partial charge in [0.25, 0.3) is 0 Å². The monoisotopic (exact) mass is 261 g/mol. The SMILES string of the molecule is C[N+](C)(C)CCNCc1ccc(C(F)(F)F)cc1. The Labute approximate surface area is 106 Å². The number of halogens is 3. The van der Waals surface area contributed by atoms with Crippen LogP contribution >= 0.6 is 0 Å². The van der Waals surface area contributed by atoms with E-state index in [0.717, 1.165) is 35.3 Å². The van der Waals surface area contributed by atoms with Crippen molar-refractivity contribution >= 4 is 0 Å². The molecule has 1 aromatic rings. The number of hydrogen-bond acceptors (Lipinski definition) is 1. The molecule has 1 N–H and O–H groups in total. The molecule has 0 unspecified atom stereocenters. The molecule has 0 saturated heterocycles. The van der Waals surface area contributed by atoms with Gasteiger partial charge in [-0.3, -0.25) is 0 Å². The first-order valence-electron chi connectivity index (χ1n) is 5.86. The van der Waals surface area contributed by atoms with Gasteiger partial charge in [-0.05, 0) is 17.7 Å². The summed E-state index contributed by atoms with van der Waals surface area (Å²) < 4.78 is 37.9. The van der Waals surface area contributed by atoms with E-state index in [9.17, 15) is 13.2 Å². The van der Waals surface area contributed by atoms with E-state index in [1.54, 1.807) is 0 Å². The number of benzene rings is 1. The van der Waals surface area contributed by atoms with Crippen LogP contribution in [-0.4, -0.2) is 38.7 Å². The normalized spacial score (nSPS) is 12.8. The van der Waals surface area contributed by atoms with Gasteiger partial charge in [-0.1, -0.05) is 12.1 Å². The van der Waals surface area contributed by atoms with Gasteiger partial charge in [0.05, 0.1) is 33.3 Å². The van der Waals surface area contributed by atoms with E-state index in [1.165, 1.54) is 12.1 Å². The number of hydrogen-bond donors (Lipinski definition) is 1. The molecule has 0 aliphatic heterocycles. The molecule has 18 heavy (non-hydrogen) atoms. The maximum atomic E-state index is 12.3. The lowest BCUT2D eigenvalue weighted by molar-refractivity contribution is -0.869. The molecule has 0 amide bonds. The number of likely N-dealkylation sites (N-methyl/N-ethyl adjacent to an activating group) is 1. The van der Waals surface area contributed by atoms with Crippen LogP contribution in [0.4, 0.5) is 13.2 Å². The van der Waals surface area contributed by atoms with Crippen LogP contribution < -0.4 is 5.32 Å². The van der Waals surface area contributed by atoms with Crippen molar-refractivity contribution in [3.63, 3.8) is 0 Å². The van der Waals surface area contributed by atoms with E-state index >= 15 is 0 Å². The van der Waals surface area contributed by atoms with Crippen molar-refractivity contribution in [3.05, 3.63) is 35.4 Å². The summed E-state index contributed by atoms with van der Waals surface area (Å²) in [5.74, 6) is 0. The molecular formula is C13H20F3N2+. The van der Waals surface area contributed by atoms with Gasteiger partial charge in [0.15, 0.2) is 0 Å². The minimum Gasteiger partial charge on any atom is -0.330 e. The highest BCUT2D eigenvalue weighted by molar-refractivity contribution is 5.24. The molecule has 1 rings (SSSR count). The quantitative estimate of drug-likeness (QED) is 0.634. The number of nitrogens with one attached hydrogen (secondary N) is 1. The number of rotatable bonds is 5. The molecule has 0 heterocycles. The van der Waals surface area contributed by atoms with Gasteiger partial charge < -0.3 is 9.80 Å². The van der Waals surface area contributed by atoms with Crippen LogP contribution in [0.1, 0.15) is 11.1 Å². The molecule has 0 spiro atoms. The number of nitrogens with zero attached hydrogens (tertiary/aromatic N) is 1. The first kappa shape index (κ1) is 15.0. The standard InChI is InChI=1S/C13H20F3N2/c1-18(2,3)9-8-17-10-11-4-6-12(7-5-11)13(14,15)16/h4-7,17H,8-10H2,1-3H3/q+1. The average molecular weight is 261 g/mol. The highest BCUT2D eigenvalue weighted by Crippen LogP contribution is 2.28. The zero-order valence-electron chi connectivity index (χ0n) is 11.0. The average Bonchev–Trinajstić information content (AvgIpc) is 2.22. The summed E-state index contributed by atoms with van der Waals surface area (Å²) in [6, 6.07) is 5.28. The lowest BCUT2D eigenvalue weighted by Crippen LogP contribution is -2.40. The Morgan fingerprint density at radius 3 is 2.06 bits per heavy atom. The first-order valence-corrected chi connectivity index (χ1v) is 5.86. The Hall–Kier alpha value is -1.07. The molecule has 0 atom stereocenters. The van der Waals surface area contributed by atoms with Crippen LogP contribution in [0.3, 0.4) is 0 Å². The van der Waals surface area contributed by atoms with Gasteiger partial charge >= 0.3 is 6.18 Å². The van der Waals surface area contributed by atoms with Crippen molar-refractivity contribution in [1.82, 2.24) is 5.32 Å². The van der Waals surface area contributed by atoms with Crippen LogP contribution in [0.2, 0.25) is 0 Å². The zero-order valence-corrected chi connectivity index (χ0v) is 11.0. The third kappa shape index (κ3) is 5.51. The van der Waals surface area contributed by atoms with Crippen LogP contribution in [-0.2, 0) is 12.7 Å². The molecular weight excluding hydrogens is 241 g/mol. The van der Waals surface area contributed by atoms with Crippen LogP contribution in [0.15, 0.2) is 24.3 Å². The summed E-state index contributed by atoms with van der Waals surface area (Å²) >= 11 is 0. The van der Waals surface area contributed by atoms with Crippen molar-refractivity contribution in [2.24, 2.45) is 0 Å².